The van der Waals surface area contributed by atoms with Crippen LogP contribution in [0.2, 0.25) is 0 Å². The van der Waals surface area contributed by atoms with E-state index in [1.54, 1.807) is 0 Å². The summed E-state index contributed by atoms with van der Waals surface area (Å²) in [7, 11) is 0. The maximum Gasteiger partial charge on any atom is 0.0261 e. The Morgan fingerprint density at radius 1 is 0.952 bits per heavy atom. The van der Waals surface area contributed by atoms with Crippen molar-refractivity contribution in [3.63, 3.8) is 0 Å². The summed E-state index contributed by atoms with van der Waals surface area (Å²) in [5.74, 6) is 0.673. The highest BCUT2D eigenvalue weighted by atomic mass is 15.0. The molecule has 0 saturated heterocycles. The van der Waals surface area contributed by atoms with Crippen LogP contribution in [-0.4, -0.2) is 17.3 Å². The van der Waals surface area contributed by atoms with Crippen molar-refractivity contribution in [2.24, 2.45) is 16.3 Å². The van der Waals surface area contributed by atoms with Crippen LogP contribution in [0.1, 0.15) is 81.1 Å². The molecular weight excluding hydrogens is 256 g/mol. The quantitative estimate of drug-likeness (QED) is 0.697. The molecule has 0 bridgehead atoms. The summed E-state index contributed by atoms with van der Waals surface area (Å²) in [6.07, 6.45) is 7.17. The van der Waals surface area contributed by atoms with Gasteiger partial charge in [-0.2, -0.15) is 0 Å². The van der Waals surface area contributed by atoms with Crippen LogP contribution in [0.5, 0.6) is 0 Å². The average Bonchev–Trinajstić information content (AvgIpc) is 2.33. The van der Waals surface area contributed by atoms with Gasteiger partial charge < -0.3 is 5.32 Å². The highest BCUT2D eigenvalue weighted by Gasteiger charge is 2.25. The van der Waals surface area contributed by atoms with Crippen LogP contribution in [0.15, 0.2) is 16.8 Å². The predicted molar refractivity (Wildman–Crippen MR) is 95.0 cm³/mol. The lowest BCUT2D eigenvalue weighted by molar-refractivity contribution is 0.277. The summed E-state index contributed by atoms with van der Waals surface area (Å²) in [6.45, 7) is 17.9. The van der Waals surface area contributed by atoms with E-state index in [9.17, 15) is 0 Å². The highest BCUT2D eigenvalue weighted by molar-refractivity contribution is 5.85. The molecule has 0 radical (unpaired) electrons. The Kier molecular flexibility index (Phi) is 6.22. The first-order valence-electron chi connectivity index (χ1n) is 8.48. The molecule has 21 heavy (non-hydrogen) atoms. The molecule has 0 aromatic carbocycles. The van der Waals surface area contributed by atoms with Crippen LogP contribution >= 0.6 is 0 Å². The fraction of sp³-hybridized carbons (Fsp3) is 0.842. The number of nitrogens with zero attached hydrogens (tertiary/aromatic N) is 1. The maximum absolute atomic E-state index is 4.75. The molecular formula is C19H36N2. The van der Waals surface area contributed by atoms with Gasteiger partial charge in [-0.3, -0.25) is 4.99 Å². The number of nitrogens with one attached hydrogen (secondary N) is 1. The number of allylic oxidation sites excluding steroid dienone is 1. The van der Waals surface area contributed by atoms with E-state index in [2.05, 4.69) is 66.9 Å². The lowest BCUT2D eigenvalue weighted by atomic mass is 9.82. The molecule has 1 fully saturated rings. The lowest BCUT2D eigenvalue weighted by Crippen LogP contribution is -2.45. The molecule has 0 spiro atoms. The van der Waals surface area contributed by atoms with Gasteiger partial charge >= 0.3 is 0 Å². The van der Waals surface area contributed by atoms with E-state index in [0.29, 0.717) is 12.0 Å². The third-order valence-corrected chi connectivity index (χ3v) is 4.60. The molecule has 1 saturated carbocycles. The normalized spacial score (nSPS) is 26.1. The molecule has 0 aromatic rings. The van der Waals surface area contributed by atoms with Crippen molar-refractivity contribution in [3.8, 4) is 0 Å². The number of rotatable bonds is 3. The minimum atomic E-state index is 0.220. The topological polar surface area (TPSA) is 24.4 Å². The van der Waals surface area contributed by atoms with Gasteiger partial charge in [0.1, 0.15) is 0 Å². The Morgan fingerprint density at radius 2 is 1.48 bits per heavy atom. The molecule has 0 heterocycles. The minimum absolute atomic E-state index is 0.220. The maximum atomic E-state index is 4.75. The Balaban J connectivity index is 2.54. The minimum Gasteiger partial charge on any atom is -0.309 e. The Labute approximate surface area is 132 Å². The zero-order valence-corrected chi connectivity index (χ0v) is 15.5. The van der Waals surface area contributed by atoms with Crippen molar-refractivity contribution in [2.75, 3.05) is 0 Å². The van der Waals surface area contributed by atoms with E-state index in [0.717, 1.165) is 0 Å². The van der Waals surface area contributed by atoms with Gasteiger partial charge in [0, 0.05) is 23.5 Å². The molecule has 2 heteroatoms. The van der Waals surface area contributed by atoms with Crippen LogP contribution in [0.25, 0.3) is 0 Å². The van der Waals surface area contributed by atoms with Gasteiger partial charge in [-0.05, 0) is 77.2 Å². The van der Waals surface area contributed by atoms with Gasteiger partial charge in [0.2, 0.25) is 0 Å². The fourth-order valence-corrected chi connectivity index (χ4v) is 2.77. The van der Waals surface area contributed by atoms with Crippen LogP contribution in [-0.2, 0) is 0 Å². The average molecular weight is 293 g/mol. The SMILES string of the molecule is CC(=N/C=C(\C)C(C)(C)C)C1CCC(NC(C)(C)C)CC1. The number of hydrogen-bond donors (Lipinski definition) is 1. The zero-order valence-electron chi connectivity index (χ0n) is 15.5. The predicted octanol–water partition coefficient (Wildman–Crippen LogP) is 5.34. The van der Waals surface area contributed by atoms with Gasteiger partial charge in [-0.15, -0.1) is 0 Å². The van der Waals surface area contributed by atoms with Crippen molar-refractivity contribution >= 4 is 5.71 Å². The molecule has 0 unspecified atom stereocenters. The largest absolute Gasteiger partial charge is 0.309 e. The van der Waals surface area contributed by atoms with Crippen LogP contribution < -0.4 is 5.32 Å². The first-order valence-corrected chi connectivity index (χ1v) is 8.48. The Morgan fingerprint density at radius 3 is 1.90 bits per heavy atom. The Hall–Kier alpha value is -0.630. The summed E-state index contributed by atoms with van der Waals surface area (Å²) in [6, 6.07) is 0.681. The Bertz CT molecular complexity index is 383. The third kappa shape index (κ3) is 6.78. The second-order valence-electron chi connectivity index (χ2n) is 8.78. The molecule has 0 amide bonds. The summed E-state index contributed by atoms with van der Waals surface area (Å²) in [4.78, 5) is 4.75. The molecule has 0 aliphatic heterocycles. The lowest BCUT2D eigenvalue weighted by Gasteiger charge is -2.34. The van der Waals surface area contributed by atoms with E-state index in [1.807, 2.05) is 0 Å². The first-order chi connectivity index (χ1) is 9.49. The van der Waals surface area contributed by atoms with Crippen molar-refractivity contribution in [1.82, 2.24) is 5.32 Å². The molecule has 1 aliphatic carbocycles. The van der Waals surface area contributed by atoms with Gasteiger partial charge in [0.25, 0.3) is 0 Å². The second kappa shape index (κ2) is 7.09. The van der Waals surface area contributed by atoms with Crippen molar-refractivity contribution in [2.45, 2.75) is 92.7 Å². The smallest absolute Gasteiger partial charge is 0.0261 e. The van der Waals surface area contributed by atoms with E-state index in [4.69, 9.17) is 4.99 Å². The van der Waals surface area contributed by atoms with E-state index < -0.39 is 0 Å². The molecule has 0 aromatic heterocycles. The van der Waals surface area contributed by atoms with Gasteiger partial charge in [-0.25, -0.2) is 0 Å². The fourth-order valence-electron chi connectivity index (χ4n) is 2.77. The molecule has 2 nitrogen and oxygen atoms in total. The van der Waals surface area contributed by atoms with Crippen molar-refractivity contribution in [1.29, 1.82) is 0 Å². The number of aliphatic imine (C=N–C) groups is 1. The van der Waals surface area contributed by atoms with Crippen LogP contribution in [0.4, 0.5) is 0 Å². The zero-order chi connectivity index (χ0) is 16.3. The summed E-state index contributed by atoms with van der Waals surface area (Å²) >= 11 is 0. The second-order valence-corrected chi connectivity index (χ2v) is 8.78. The molecule has 0 atom stereocenters. The summed E-state index contributed by atoms with van der Waals surface area (Å²) in [5.41, 5.74) is 3.11. The van der Waals surface area contributed by atoms with Gasteiger partial charge in [-0.1, -0.05) is 20.8 Å². The van der Waals surface area contributed by atoms with Gasteiger partial charge in [0.15, 0.2) is 0 Å². The standard InChI is InChI=1S/C19H36N2/c1-14(18(3,4)5)13-20-15(2)16-9-11-17(12-10-16)21-19(6,7)8/h13,16-17,21H,9-12H2,1-8H3/b14-13+,20-15?. The van der Waals surface area contributed by atoms with Crippen LogP contribution in [0, 0.1) is 11.3 Å². The van der Waals surface area contributed by atoms with Crippen molar-refractivity contribution in [3.05, 3.63) is 11.8 Å². The molecule has 122 valence electrons. The molecule has 1 rings (SSSR count). The van der Waals surface area contributed by atoms with Crippen molar-refractivity contribution < 1.29 is 0 Å². The van der Waals surface area contributed by atoms with E-state index in [1.165, 1.54) is 37.0 Å². The monoisotopic (exact) mass is 292 g/mol. The first kappa shape index (κ1) is 18.4. The van der Waals surface area contributed by atoms with E-state index >= 15 is 0 Å². The summed E-state index contributed by atoms with van der Waals surface area (Å²) in [5, 5.41) is 3.74. The third-order valence-electron chi connectivity index (χ3n) is 4.60. The molecule has 1 N–H and O–H groups in total. The number of hydrogen-bond acceptors (Lipinski definition) is 2. The summed E-state index contributed by atoms with van der Waals surface area (Å²) < 4.78 is 0. The van der Waals surface area contributed by atoms with Crippen LogP contribution in [0.3, 0.4) is 0 Å². The highest BCUT2D eigenvalue weighted by Crippen LogP contribution is 2.28. The van der Waals surface area contributed by atoms with Gasteiger partial charge in [0.05, 0.1) is 0 Å². The van der Waals surface area contributed by atoms with E-state index in [-0.39, 0.29) is 11.0 Å². The molecule has 1 aliphatic rings.